The van der Waals surface area contributed by atoms with Crippen LogP contribution < -0.4 is 0 Å². The fraction of sp³-hybridized carbons (Fsp3) is 0.188. The molecule has 0 heterocycles. The SMILES string of the molecule is C=CCN(C)C(=S)/C(=C(/C)C=C)c1ccccc1. The topological polar surface area (TPSA) is 3.24 Å². The van der Waals surface area contributed by atoms with Crippen molar-refractivity contribution in [2.24, 2.45) is 0 Å². The average Bonchev–Trinajstić information content (AvgIpc) is 2.40. The lowest BCUT2D eigenvalue weighted by Crippen LogP contribution is -2.26. The Labute approximate surface area is 115 Å². The first-order chi connectivity index (χ1) is 8.61. The van der Waals surface area contributed by atoms with Crippen LogP contribution in [0.3, 0.4) is 0 Å². The van der Waals surface area contributed by atoms with Crippen molar-refractivity contribution in [1.82, 2.24) is 4.90 Å². The Balaban J connectivity index is 3.21. The third kappa shape index (κ3) is 3.41. The van der Waals surface area contributed by atoms with Gasteiger partial charge in [-0.3, -0.25) is 0 Å². The van der Waals surface area contributed by atoms with Gasteiger partial charge in [-0.1, -0.05) is 61.3 Å². The van der Waals surface area contributed by atoms with Crippen LogP contribution in [0.1, 0.15) is 12.5 Å². The molecule has 1 nitrogen and oxygen atoms in total. The van der Waals surface area contributed by atoms with Crippen molar-refractivity contribution in [2.45, 2.75) is 6.92 Å². The minimum Gasteiger partial charge on any atom is -0.362 e. The van der Waals surface area contributed by atoms with E-state index in [1.165, 1.54) is 0 Å². The molecule has 2 heteroatoms. The molecule has 0 aliphatic heterocycles. The van der Waals surface area contributed by atoms with E-state index >= 15 is 0 Å². The smallest absolute Gasteiger partial charge is 0.110 e. The summed E-state index contributed by atoms with van der Waals surface area (Å²) in [5.74, 6) is 0. The average molecular weight is 257 g/mol. The summed E-state index contributed by atoms with van der Waals surface area (Å²) in [4.78, 5) is 2.83. The molecule has 1 aromatic rings. The van der Waals surface area contributed by atoms with Crippen molar-refractivity contribution in [3.05, 3.63) is 66.8 Å². The van der Waals surface area contributed by atoms with Gasteiger partial charge in [0.1, 0.15) is 4.99 Å². The van der Waals surface area contributed by atoms with Crippen molar-refractivity contribution < 1.29 is 0 Å². The van der Waals surface area contributed by atoms with Gasteiger partial charge < -0.3 is 4.90 Å². The number of nitrogens with zero attached hydrogens (tertiary/aromatic N) is 1. The summed E-state index contributed by atoms with van der Waals surface area (Å²) in [7, 11) is 1.98. The molecule has 0 aliphatic rings. The Hall–Kier alpha value is -1.67. The Morgan fingerprint density at radius 1 is 1.28 bits per heavy atom. The summed E-state index contributed by atoms with van der Waals surface area (Å²) in [6.45, 7) is 10.3. The minimum atomic E-state index is 0.736. The zero-order valence-corrected chi connectivity index (χ0v) is 11.8. The van der Waals surface area contributed by atoms with Gasteiger partial charge in [0.25, 0.3) is 0 Å². The second-order valence-electron chi connectivity index (χ2n) is 4.10. The third-order valence-electron chi connectivity index (χ3n) is 2.73. The van der Waals surface area contributed by atoms with E-state index in [1.807, 2.05) is 49.2 Å². The van der Waals surface area contributed by atoms with Gasteiger partial charge in [0.05, 0.1) is 0 Å². The van der Waals surface area contributed by atoms with E-state index in [0.29, 0.717) is 0 Å². The van der Waals surface area contributed by atoms with Crippen LogP contribution in [0.15, 0.2) is 61.2 Å². The highest BCUT2D eigenvalue weighted by Gasteiger charge is 2.13. The van der Waals surface area contributed by atoms with E-state index < -0.39 is 0 Å². The number of thiocarbonyl (C=S) groups is 1. The van der Waals surface area contributed by atoms with Crippen molar-refractivity contribution in [3.8, 4) is 0 Å². The summed E-state index contributed by atoms with van der Waals surface area (Å²) >= 11 is 5.56. The summed E-state index contributed by atoms with van der Waals surface area (Å²) in [6, 6.07) is 10.2. The normalized spacial score (nSPS) is 11.4. The summed E-state index contributed by atoms with van der Waals surface area (Å²) in [5, 5.41) is 0. The molecule has 0 fully saturated rings. The number of hydrogen-bond donors (Lipinski definition) is 0. The first-order valence-electron chi connectivity index (χ1n) is 5.87. The molecule has 18 heavy (non-hydrogen) atoms. The summed E-state index contributed by atoms with van der Waals surface area (Å²) < 4.78 is 0. The van der Waals surface area contributed by atoms with Gasteiger partial charge in [0.2, 0.25) is 0 Å². The molecule has 0 spiro atoms. The number of benzene rings is 1. The molecule has 0 radical (unpaired) electrons. The molecule has 0 aromatic heterocycles. The number of likely N-dealkylation sites (N-methyl/N-ethyl adjacent to an activating group) is 1. The maximum atomic E-state index is 5.56. The molecule has 1 rings (SSSR count). The largest absolute Gasteiger partial charge is 0.362 e. The monoisotopic (exact) mass is 257 g/mol. The number of hydrogen-bond acceptors (Lipinski definition) is 1. The van der Waals surface area contributed by atoms with Crippen LogP contribution in [0, 0.1) is 0 Å². The highest BCUT2D eigenvalue weighted by Crippen LogP contribution is 2.22. The van der Waals surface area contributed by atoms with Gasteiger partial charge in [0.15, 0.2) is 0 Å². The van der Waals surface area contributed by atoms with E-state index in [0.717, 1.165) is 28.2 Å². The summed E-state index contributed by atoms with van der Waals surface area (Å²) in [6.07, 6.45) is 3.69. The van der Waals surface area contributed by atoms with Gasteiger partial charge in [-0.15, -0.1) is 6.58 Å². The van der Waals surface area contributed by atoms with Crippen molar-refractivity contribution in [2.75, 3.05) is 13.6 Å². The lowest BCUT2D eigenvalue weighted by Gasteiger charge is -2.22. The van der Waals surface area contributed by atoms with E-state index in [1.54, 1.807) is 0 Å². The molecule has 0 bridgehead atoms. The van der Waals surface area contributed by atoms with Crippen LogP contribution in [0.2, 0.25) is 0 Å². The standard InChI is InChI=1S/C16H19NS/c1-5-12-17(4)16(18)15(13(3)6-2)14-10-8-7-9-11-14/h5-11H,1-2,12H2,3-4H3/b15-13-. The Morgan fingerprint density at radius 2 is 1.89 bits per heavy atom. The first-order valence-corrected chi connectivity index (χ1v) is 6.27. The molecular formula is C16H19NS. The second kappa shape index (κ2) is 6.92. The van der Waals surface area contributed by atoms with Gasteiger partial charge in [0, 0.05) is 19.2 Å². The molecular weight excluding hydrogens is 238 g/mol. The maximum absolute atomic E-state index is 5.56. The first kappa shape index (κ1) is 14.4. The van der Waals surface area contributed by atoms with Crippen LogP contribution in [0.4, 0.5) is 0 Å². The minimum absolute atomic E-state index is 0.736. The second-order valence-corrected chi connectivity index (χ2v) is 4.49. The van der Waals surface area contributed by atoms with Crippen LogP contribution in [0.25, 0.3) is 5.57 Å². The van der Waals surface area contributed by atoms with Crippen molar-refractivity contribution >= 4 is 22.8 Å². The maximum Gasteiger partial charge on any atom is 0.110 e. The highest BCUT2D eigenvalue weighted by molar-refractivity contribution is 7.81. The fourth-order valence-corrected chi connectivity index (χ4v) is 2.05. The Kier molecular flexibility index (Phi) is 5.53. The molecule has 0 atom stereocenters. The molecule has 0 saturated heterocycles. The Bertz CT molecular complexity index is 471. The van der Waals surface area contributed by atoms with E-state index in [2.05, 4.69) is 25.3 Å². The van der Waals surface area contributed by atoms with Gasteiger partial charge in [-0.25, -0.2) is 0 Å². The number of rotatable bonds is 5. The zero-order valence-electron chi connectivity index (χ0n) is 11.0. The molecule has 0 amide bonds. The van der Waals surface area contributed by atoms with Crippen LogP contribution in [-0.2, 0) is 0 Å². The fourth-order valence-electron chi connectivity index (χ4n) is 1.69. The van der Waals surface area contributed by atoms with Crippen molar-refractivity contribution in [3.63, 3.8) is 0 Å². The van der Waals surface area contributed by atoms with Crippen LogP contribution in [-0.4, -0.2) is 23.5 Å². The van der Waals surface area contributed by atoms with Crippen LogP contribution >= 0.6 is 12.2 Å². The lowest BCUT2D eigenvalue weighted by molar-refractivity contribution is 0.580. The molecule has 0 N–H and O–H groups in total. The molecule has 94 valence electrons. The molecule has 0 unspecified atom stereocenters. The summed E-state index contributed by atoms with van der Waals surface area (Å²) in [5.41, 5.74) is 3.27. The quantitative estimate of drug-likeness (QED) is 0.338. The van der Waals surface area contributed by atoms with E-state index in [9.17, 15) is 0 Å². The molecule has 0 saturated carbocycles. The van der Waals surface area contributed by atoms with Crippen LogP contribution in [0.5, 0.6) is 0 Å². The highest BCUT2D eigenvalue weighted by atomic mass is 32.1. The van der Waals surface area contributed by atoms with Gasteiger partial charge >= 0.3 is 0 Å². The predicted molar refractivity (Wildman–Crippen MR) is 84.7 cm³/mol. The van der Waals surface area contributed by atoms with Gasteiger partial charge in [-0.2, -0.15) is 0 Å². The zero-order chi connectivity index (χ0) is 13.5. The predicted octanol–water partition coefficient (Wildman–Crippen LogP) is 4.09. The van der Waals surface area contributed by atoms with Crippen molar-refractivity contribution in [1.29, 1.82) is 0 Å². The molecule has 1 aromatic carbocycles. The Morgan fingerprint density at radius 3 is 2.39 bits per heavy atom. The number of allylic oxidation sites excluding steroid dienone is 2. The van der Waals surface area contributed by atoms with Gasteiger partial charge in [-0.05, 0) is 18.1 Å². The van der Waals surface area contributed by atoms with E-state index in [4.69, 9.17) is 12.2 Å². The third-order valence-corrected chi connectivity index (χ3v) is 3.24. The van der Waals surface area contributed by atoms with E-state index in [-0.39, 0.29) is 0 Å². The lowest BCUT2D eigenvalue weighted by atomic mass is 10.00. The molecule has 0 aliphatic carbocycles.